The van der Waals surface area contributed by atoms with Crippen LogP contribution in [0.2, 0.25) is 5.02 Å². The van der Waals surface area contributed by atoms with E-state index in [-0.39, 0.29) is 9.20 Å². The smallest absolute Gasteiger partial charge is 0.322 e. The van der Waals surface area contributed by atoms with Gasteiger partial charge in [0.05, 0.1) is 15.8 Å². The van der Waals surface area contributed by atoms with Crippen LogP contribution < -0.4 is 20.1 Å². The number of amides is 1. The average molecular weight is 610 g/mol. The maximum atomic E-state index is 14.0. The number of carbonyl (C=O) groups is 2. The molecule has 1 N–H and O–H groups in total. The van der Waals surface area contributed by atoms with Crippen molar-refractivity contribution in [3.05, 3.63) is 114 Å². The minimum atomic E-state index is -4.81. The molecule has 0 saturated carbocycles. The van der Waals surface area contributed by atoms with Gasteiger partial charge in [0.1, 0.15) is 16.3 Å². The number of nitriles is 1. The molecule has 0 saturated heterocycles. The molecule has 4 aromatic rings. The molecule has 1 amide bonds. The molecule has 4 rings (SSSR count). The minimum Gasteiger partial charge on any atom is -0.322 e. The number of carbonyl (C=O) groups excluding carboxylic acids is 2. The molecule has 0 unspecified atom stereocenters. The molecule has 0 radical (unpaired) electrons. The van der Waals surface area contributed by atoms with E-state index in [0.717, 1.165) is 28.0 Å². The molecule has 214 valence electrons. The number of ketones is 1. The number of para-hydroxylation sites is 1. The van der Waals surface area contributed by atoms with Crippen LogP contribution in [0, 0.1) is 16.7 Å². The van der Waals surface area contributed by atoms with Gasteiger partial charge in [0.25, 0.3) is 11.5 Å². The summed E-state index contributed by atoms with van der Waals surface area (Å²) in [7, 11) is 0. The molecule has 0 bridgehead atoms. The molecule has 0 aliphatic rings. The first-order valence-corrected chi connectivity index (χ1v) is 13.7. The number of benzene rings is 3. The van der Waals surface area contributed by atoms with Gasteiger partial charge >= 0.3 is 6.18 Å². The van der Waals surface area contributed by atoms with Crippen molar-refractivity contribution in [1.29, 1.82) is 5.26 Å². The van der Waals surface area contributed by atoms with Gasteiger partial charge < -0.3 is 5.32 Å². The Morgan fingerprint density at radius 1 is 1.00 bits per heavy atom. The normalized spacial score (nSPS) is 13.0. The Labute approximate surface area is 247 Å². The summed E-state index contributed by atoms with van der Waals surface area (Å²) in [6.45, 7) is 4.72. The van der Waals surface area contributed by atoms with Crippen molar-refractivity contribution in [3.8, 4) is 11.8 Å². The monoisotopic (exact) mass is 609 g/mol. The highest BCUT2D eigenvalue weighted by atomic mass is 35.5. The van der Waals surface area contributed by atoms with Crippen LogP contribution in [0.1, 0.15) is 42.3 Å². The zero-order valence-corrected chi connectivity index (χ0v) is 24.1. The highest BCUT2D eigenvalue weighted by Gasteiger charge is 2.35. The molecule has 1 aromatic heterocycles. The van der Waals surface area contributed by atoms with Gasteiger partial charge in [0.2, 0.25) is 0 Å². The molecule has 6 nitrogen and oxygen atoms in total. The predicted octanol–water partition coefficient (Wildman–Crippen LogP) is 5.94. The van der Waals surface area contributed by atoms with Crippen LogP contribution >= 0.6 is 22.9 Å². The van der Waals surface area contributed by atoms with Gasteiger partial charge in [0, 0.05) is 21.7 Å². The maximum Gasteiger partial charge on any atom is 0.418 e. The lowest BCUT2D eigenvalue weighted by molar-refractivity contribution is -0.137. The fourth-order valence-corrected chi connectivity index (χ4v) is 5.23. The first kappa shape index (κ1) is 30.5. The number of nitrogens with one attached hydrogen (secondary N) is 1. The van der Waals surface area contributed by atoms with E-state index in [1.165, 1.54) is 18.2 Å². The van der Waals surface area contributed by atoms with Crippen LogP contribution in [-0.2, 0) is 11.0 Å². The Hall–Kier alpha value is -4.46. The number of rotatable bonds is 5. The molecule has 0 fully saturated rings. The number of nitrogens with zero attached hydrogens (tertiary/aromatic N) is 2. The van der Waals surface area contributed by atoms with Crippen LogP contribution in [0.4, 0.5) is 18.9 Å². The van der Waals surface area contributed by atoms with Crippen molar-refractivity contribution >= 4 is 52.0 Å². The summed E-state index contributed by atoms with van der Waals surface area (Å²) in [6, 6.07) is 19.0. The van der Waals surface area contributed by atoms with Crippen molar-refractivity contribution in [3.63, 3.8) is 0 Å². The molecule has 0 aliphatic heterocycles. The summed E-state index contributed by atoms with van der Waals surface area (Å²) in [6.07, 6.45) is -3.38. The first-order valence-electron chi connectivity index (χ1n) is 12.5. The van der Waals surface area contributed by atoms with Gasteiger partial charge in [-0.05, 0) is 60.2 Å². The standard InChI is InChI=1S/C31H23ClF3N3O3S/c1-30(2,3)26(39)22(17-36)29-38(24-10-5-4-9-23(24)31(33,34)35)28(41)25(42-29)16-18-7-6-8-21(15-18)37-27(40)19-11-13-20(32)14-12-19/h4-16H,1-3H3,(H,37,40)/b25-16-,29-22+. The summed E-state index contributed by atoms with van der Waals surface area (Å²) < 4.78 is 42.5. The third-order valence-corrected chi connectivity index (χ3v) is 7.40. The Morgan fingerprint density at radius 3 is 2.29 bits per heavy atom. The van der Waals surface area contributed by atoms with Crippen LogP contribution in [0.3, 0.4) is 0 Å². The van der Waals surface area contributed by atoms with Crippen LogP contribution in [0.15, 0.2) is 77.6 Å². The van der Waals surface area contributed by atoms with E-state index >= 15 is 0 Å². The quantitative estimate of drug-likeness (QED) is 0.303. The average Bonchev–Trinajstić information content (AvgIpc) is 3.23. The van der Waals surface area contributed by atoms with Crippen LogP contribution in [0.25, 0.3) is 17.3 Å². The fraction of sp³-hybridized carbons (Fsp3) is 0.161. The molecule has 0 spiro atoms. The number of Topliss-reactive ketones (excluding diaryl/α,β-unsaturated/α-hetero) is 1. The van der Waals surface area contributed by atoms with E-state index in [0.29, 0.717) is 21.8 Å². The van der Waals surface area contributed by atoms with Crippen molar-refractivity contribution in [2.24, 2.45) is 5.41 Å². The van der Waals surface area contributed by atoms with Gasteiger partial charge in [-0.15, -0.1) is 11.3 Å². The lowest BCUT2D eigenvalue weighted by Gasteiger charge is -2.16. The molecule has 0 atom stereocenters. The summed E-state index contributed by atoms with van der Waals surface area (Å²) >= 11 is 6.62. The number of hydrogen-bond donors (Lipinski definition) is 1. The molecule has 42 heavy (non-hydrogen) atoms. The Kier molecular flexibility index (Phi) is 8.57. The molecular formula is C31H23ClF3N3O3S. The van der Waals surface area contributed by atoms with Gasteiger partial charge in [0.15, 0.2) is 5.78 Å². The van der Waals surface area contributed by atoms with Gasteiger partial charge in [-0.25, -0.2) is 0 Å². The van der Waals surface area contributed by atoms with E-state index in [1.54, 1.807) is 69.3 Å². The number of anilines is 1. The molecular weight excluding hydrogens is 587 g/mol. The zero-order valence-electron chi connectivity index (χ0n) is 22.5. The molecule has 1 heterocycles. The Balaban J connectivity index is 1.93. The second kappa shape index (κ2) is 11.8. The summed E-state index contributed by atoms with van der Waals surface area (Å²) in [5.74, 6) is -1.02. The summed E-state index contributed by atoms with van der Waals surface area (Å²) in [4.78, 5) is 39.5. The number of halogens is 4. The summed E-state index contributed by atoms with van der Waals surface area (Å²) in [5.41, 5.74) is -2.68. The number of alkyl halides is 3. The number of hydrogen-bond acceptors (Lipinski definition) is 5. The summed E-state index contributed by atoms with van der Waals surface area (Å²) in [5, 5.41) is 13.2. The lowest BCUT2D eigenvalue weighted by Crippen LogP contribution is -2.34. The predicted molar refractivity (Wildman–Crippen MR) is 157 cm³/mol. The second-order valence-corrected chi connectivity index (χ2v) is 11.7. The molecule has 0 aliphatic carbocycles. The zero-order chi connectivity index (χ0) is 30.8. The largest absolute Gasteiger partial charge is 0.418 e. The van der Waals surface area contributed by atoms with Crippen molar-refractivity contribution in [1.82, 2.24) is 4.57 Å². The van der Waals surface area contributed by atoms with Gasteiger partial charge in [-0.2, -0.15) is 18.4 Å². The third kappa shape index (κ3) is 6.54. The van der Waals surface area contributed by atoms with E-state index in [1.807, 2.05) is 6.07 Å². The van der Waals surface area contributed by atoms with Gasteiger partial charge in [-0.3, -0.25) is 19.0 Å². The van der Waals surface area contributed by atoms with Crippen LogP contribution in [0.5, 0.6) is 0 Å². The number of thiazole rings is 1. The SMILES string of the molecule is CC(C)(C)C(=O)/C(C#N)=c1/s/c(=C\c2cccc(NC(=O)c3ccc(Cl)cc3)c2)c(=O)n1-c1ccccc1C(F)(F)F. The van der Waals surface area contributed by atoms with E-state index < -0.39 is 45.7 Å². The minimum absolute atomic E-state index is 0.0161. The van der Waals surface area contributed by atoms with Crippen molar-refractivity contribution in [2.75, 3.05) is 5.32 Å². The fourth-order valence-electron chi connectivity index (χ4n) is 4.01. The third-order valence-electron chi connectivity index (χ3n) is 6.06. The number of aromatic nitrogens is 1. The second-order valence-electron chi connectivity index (χ2n) is 10.2. The maximum absolute atomic E-state index is 14.0. The highest BCUT2D eigenvalue weighted by molar-refractivity contribution is 7.07. The topological polar surface area (TPSA) is 92.0 Å². The highest BCUT2D eigenvalue weighted by Crippen LogP contribution is 2.33. The van der Waals surface area contributed by atoms with E-state index in [2.05, 4.69) is 5.32 Å². The van der Waals surface area contributed by atoms with E-state index in [9.17, 15) is 32.8 Å². The molecule has 11 heteroatoms. The molecule has 3 aromatic carbocycles. The Bertz CT molecular complexity index is 1910. The lowest BCUT2D eigenvalue weighted by atomic mass is 9.87. The van der Waals surface area contributed by atoms with E-state index in [4.69, 9.17) is 11.6 Å². The Morgan fingerprint density at radius 2 is 1.67 bits per heavy atom. The van der Waals surface area contributed by atoms with Crippen molar-refractivity contribution < 1.29 is 22.8 Å². The van der Waals surface area contributed by atoms with Crippen LogP contribution in [-0.4, -0.2) is 16.3 Å². The van der Waals surface area contributed by atoms with Crippen molar-refractivity contribution in [2.45, 2.75) is 26.9 Å². The van der Waals surface area contributed by atoms with Gasteiger partial charge in [-0.1, -0.05) is 56.6 Å². The first-order chi connectivity index (χ1) is 19.7.